The van der Waals surface area contributed by atoms with Crippen molar-refractivity contribution in [3.63, 3.8) is 0 Å². The molecule has 0 saturated heterocycles. The number of anilines is 1. The van der Waals surface area contributed by atoms with Gasteiger partial charge in [0.05, 0.1) is 12.1 Å². The van der Waals surface area contributed by atoms with Crippen LogP contribution in [-0.4, -0.2) is 10.9 Å². The standard InChI is InChI=1S/C13H9BrClFN2O/c14-9-6-11(13(15)17-7-9)18-12(19)5-8-3-1-2-4-10(8)16/h1-4,6-7H,5H2,(H,18,19). The van der Waals surface area contributed by atoms with E-state index in [9.17, 15) is 9.18 Å². The Balaban J connectivity index is 2.10. The largest absolute Gasteiger partial charge is 0.323 e. The minimum absolute atomic E-state index is 0.0600. The lowest BCUT2D eigenvalue weighted by Gasteiger charge is -2.07. The summed E-state index contributed by atoms with van der Waals surface area (Å²) in [4.78, 5) is 15.7. The molecule has 0 aliphatic carbocycles. The smallest absolute Gasteiger partial charge is 0.228 e. The van der Waals surface area contributed by atoms with Crippen molar-refractivity contribution < 1.29 is 9.18 Å². The first-order chi connectivity index (χ1) is 9.06. The van der Waals surface area contributed by atoms with Gasteiger partial charge in [-0.1, -0.05) is 29.8 Å². The van der Waals surface area contributed by atoms with Crippen molar-refractivity contribution in [2.45, 2.75) is 6.42 Å². The van der Waals surface area contributed by atoms with Gasteiger partial charge in [-0.25, -0.2) is 9.37 Å². The third-order valence-corrected chi connectivity index (χ3v) is 3.12. The van der Waals surface area contributed by atoms with Gasteiger partial charge in [0.2, 0.25) is 5.91 Å². The van der Waals surface area contributed by atoms with Crippen molar-refractivity contribution in [2.75, 3.05) is 5.32 Å². The summed E-state index contributed by atoms with van der Waals surface area (Å²) in [5, 5.41) is 2.78. The van der Waals surface area contributed by atoms with E-state index in [4.69, 9.17) is 11.6 Å². The number of halogens is 3. The molecule has 0 saturated carbocycles. The Hall–Kier alpha value is -1.46. The fourth-order valence-electron chi connectivity index (χ4n) is 1.52. The highest BCUT2D eigenvalue weighted by Gasteiger charge is 2.10. The summed E-state index contributed by atoms with van der Waals surface area (Å²) in [6.07, 6.45) is 1.46. The second-order valence-electron chi connectivity index (χ2n) is 3.81. The van der Waals surface area contributed by atoms with Gasteiger partial charge < -0.3 is 5.32 Å². The molecule has 1 amide bonds. The highest BCUT2D eigenvalue weighted by atomic mass is 79.9. The molecule has 98 valence electrons. The molecule has 0 spiro atoms. The second-order valence-corrected chi connectivity index (χ2v) is 5.08. The van der Waals surface area contributed by atoms with Gasteiger partial charge in [-0.3, -0.25) is 4.79 Å². The third kappa shape index (κ3) is 3.75. The van der Waals surface area contributed by atoms with Gasteiger partial charge in [0, 0.05) is 10.7 Å². The fraction of sp³-hybridized carbons (Fsp3) is 0.0769. The maximum atomic E-state index is 13.4. The van der Waals surface area contributed by atoms with Gasteiger partial charge in [-0.2, -0.15) is 0 Å². The van der Waals surface area contributed by atoms with Gasteiger partial charge in [0.15, 0.2) is 5.15 Å². The van der Waals surface area contributed by atoms with Crippen LogP contribution < -0.4 is 5.32 Å². The lowest BCUT2D eigenvalue weighted by atomic mass is 10.1. The van der Waals surface area contributed by atoms with Crippen molar-refractivity contribution in [3.8, 4) is 0 Å². The summed E-state index contributed by atoms with van der Waals surface area (Å²) in [7, 11) is 0. The predicted octanol–water partition coefficient (Wildman–Crippen LogP) is 3.82. The molecule has 1 aromatic carbocycles. The van der Waals surface area contributed by atoms with Crippen LogP contribution in [-0.2, 0) is 11.2 Å². The van der Waals surface area contributed by atoms with Crippen LogP contribution in [0.1, 0.15) is 5.56 Å². The molecule has 0 radical (unpaired) electrons. The molecule has 0 unspecified atom stereocenters. The predicted molar refractivity (Wildman–Crippen MR) is 75.7 cm³/mol. The zero-order valence-corrected chi connectivity index (χ0v) is 12.0. The Morgan fingerprint density at radius 2 is 2.16 bits per heavy atom. The number of carbonyl (C=O) groups excluding carboxylic acids is 1. The molecule has 0 bridgehead atoms. The molecule has 1 N–H and O–H groups in total. The van der Waals surface area contributed by atoms with Crippen molar-refractivity contribution in [1.29, 1.82) is 0 Å². The van der Waals surface area contributed by atoms with E-state index in [1.165, 1.54) is 12.3 Å². The van der Waals surface area contributed by atoms with E-state index < -0.39 is 5.82 Å². The van der Waals surface area contributed by atoms with E-state index in [1.54, 1.807) is 24.3 Å². The molecule has 0 aliphatic rings. The lowest BCUT2D eigenvalue weighted by molar-refractivity contribution is -0.115. The SMILES string of the molecule is O=C(Cc1ccccc1F)Nc1cc(Br)cnc1Cl. The quantitative estimate of drug-likeness (QED) is 0.861. The Kier molecular flexibility index (Phi) is 4.50. The highest BCUT2D eigenvalue weighted by molar-refractivity contribution is 9.10. The van der Waals surface area contributed by atoms with E-state index in [-0.39, 0.29) is 17.5 Å². The number of nitrogens with one attached hydrogen (secondary N) is 1. The maximum Gasteiger partial charge on any atom is 0.228 e. The molecule has 2 rings (SSSR count). The molecule has 1 aromatic heterocycles. The third-order valence-electron chi connectivity index (χ3n) is 2.39. The number of nitrogens with zero attached hydrogens (tertiary/aromatic N) is 1. The van der Waals surface area contributed by atoms with E-state index >= 15 is 0 Å². The molecular weight excluding hydrogens is 335 g/mol. The lowest BCUT2D eigenvalue weighted by Crippen LogP contribution is -2.15. The Morgan fingerprint density at radius 3 is 2.89 bits per heavy atom. The van der Waals surface area contributed by atoms with Crippen LogP contribution in [0.3, 0.4) is 0 Å². The number of hydrogen-bond donors (Lipinski definition) is 1. The van der Waals surface area contributed by atoms with E-state index in [1.807, 2.05) is 0 Å². The Labute approximate surface area is 122 Å². The number of amides is 1. The molecule has 0 fully saturated rings. The molecule has 2 aromatic rings. The fourth-order valence-corrected chi connectivity index (χ4v) is 2.00. The molecule has 19 heavy (non-hydrogen) atoms. The number of pyridine rings is 1. The molecule has 6 heteroatoms. The maximum absolute atomic E-state index is 13.4. The molecule has 0 atom stereocenters. The van der Waals surface area contributed by atoms with Gasteiger partial charge in [0.25, 0.3) is 0 Å². The summed E-state index contributed by atoms with van der Waals surface area (Å²) in [5.74, 6) is -0.761. The number of aromatic nitrogens is 1. The molecule has 3 nitrogen and oxygen atoms in total. The van der Waals surface area contributed by atoms with Crippen LogP contribution >= 0.6 is 27.5 Å². The monoisotopic (exact) mass is 342 g/mol. The van der Waals surface area contributed by atoms with Crippen LogP contribution in [0.4, 0.5) is 10.1 Å². The number of hydrogen-bond acceptors (Lipinski definition) is 2. The Morgan fingerprint density at radius 1 is 1.42 bits per heavy atom. The van der Waals surface area contributed by atoms with Crippen molar-refractivity contribution >= 4 is 39.1 Å². The number of rotatable bonds is 3. The van der Waals surface area contributed by atoms with E-state index in [2.05, 4.69) is 26.2 Å². The van der Waals surface area contributed by atoms with Crippen LogP contribution in [0.5, 0.6) is 0 Å². The van der Waals surface area contributed by atoms with E-state index in [0.29, 0.717) is 15.7 Å². The summed E-state index contributed by atoms with van der Waals surface area (Å²) in [6, 6.07) is 7.77. The van der Waals surface area contributed by atoms with Crippen LogP contribution in [0.15, 0.2) is 41.0 Å². The zero-order chi connectivity index (χ0) is 13.8. The summed E-state index contributed by atoms with van der Waals surface area (Å²) in [5.41, 5.74) is 0.719. The van der Waals surface area contributed by atoms with Gasteiger partial charge in [-0.15, -0.1) is 0 Å². The van der Waals surface area contributed by atoms with Crippen molar-refractivity contribution in [2.24, 2.45) is 0 Å². The molecule has 1 heterocycles. The second kappa shape index (κ2) is 6.12. The number of benzene rings is 1. The van der Waals surface area contributed by atoms with Crippen LogP contribution in [0.2, 0.25) is 5.15 Å². The minimum Gasteiger partial charge on any atom is -0.323 e. The summed E-state index contributed by atoms with van der Waals surface area (Å²) >= 11 is 9.09. The minimum atomic E-state index is -0.406. The van der Waals surface area contributed by atoms with Crippen LogP contribution in [0.25, 0.3) is 0 Å². The van der Waals surface area contributed by atoms with Crippen LogP contribution in [0, 0.1) is 5.82 Å². The van der Waals surface area contributed by atoms with Gasteiger partial charge in [-0.05, 0) is 33.6 Å². The van der Waals surface area contributed by atoms with Crippen molar-refractivity contribution in [1.82, 2.24) is 4.98 Å². The normalized spacial score (nSPS) is 10.3. The summed E-state index contributed by atoms with van der Waals surface area (Å²) < 4.78 is 14.1. The summed E-state index contributed by atoms with van der Waals surface area (Å²) in [6.45, 7) is 0. The topological polar surface area (TPSA) is 42.0 Å². The van der Waals surface area contributed by atoms with E-state index in [0.717, 1.165) is 0 Å². The highest BCUT2D eigenvalue weighted by Crippen LogP contribution is 2.23. The first-order valence-corrected chi connectivity index (χ1v) is 6.57. The Bertz CT molecular complexity index is 621. The number of carbonyl (C=O) groups is 1. The average Bonchev–Trinajstić information content (AvgIpc) is 2.37. The van der Waals surface area contributed by atoms with Crippen molar-refractivity contribution in [3.05, 3.63) is 57.5 Å². The first-order valence-electron chi connectivity index (χ1n) is 5.40. The van der Waals surface area contributed by atoms with Gasteiger partial charge in [0.1, 0.15) is 5.82 Å². The zero-order valence-electron chi connectivity index (χ0n) is 9.66. The molecular formula is C13H9BrClFN2O. The molecule has 0 aliphatic heterocycles. The average molecular weight is 344 g/mol. The first kappa shape index (κ1) is 14.0. The van der Waals surface area contributed by atoms with Gasteiger partial charge >= 0.3 is 0 Å².